The molecule has 0 bridgehead atoms. The molecule has 0 radical (unpaired) electrons. The average molecular weight is 325 g/mol. The molecule has 0 amide bonds. The lowest BCUT2D eigenvalue weighted by Gasteiger charge is -2.15. The van der Waals surface area contributed by atoms with E-state index >= 15 is 0 Å². The zero-order chi connectivity index (χ0) is 13.7. The molecule has 0 saturated carbocycles. The van der Waals surface area contributed by atoms with Crippen molar-refractivity contribution in [2.24, 2.45) is 11.8 Å². The largest absolute Gasteiger partial charge is 0.257 e. The molecule has 0 N–H and O–H groups in total. The lowest BCUT2D eigenvalue weighted by atomic mass is 10.0. The normalized spacial score (nSPS) is 38.1. The molecule has 1 saturated heterocycles. The van der Waals surface area contributed by atoms with Crippen LogP contribution in [0, 0.1) is 11.8 Å². The standard InChI is InChI=1S/C12H20O2S4/c1-5-7-15-16-11-9(3)10(4)12(18(11)14)17(13)8-6-2/h5-6,8-12H,1,7H2,2-4H3/b8-6+/t9-,10-,11-,12-,17?,18?/m0/s1. The van der Waals surface area contributed by atoms with Crippen molar-refractivity contribution in [3.8, 4) is 0 Å². The Morgan fingerprint density at radius 3 is 2.61 bits per heavy atom. The first-order chi connectivity index (χ1) is 8.54. The van der Waals surface area contributed by atoms with Crippen molar-refractivity contribution >= 4 is 43.2 Å². The topological polar surface area (TPSA) is 34.1 Å². The van der Waals surface area contributed by atoms with Gasteiger partial charge in [0, 0.05) is 5.75 Å². The molecule has 6 heteroatoms. The van der Waals surface area contributed by atoms with E-state index in [4.69, 9.17) is 0 Å². The molecule has 104 valence electrons. The summed E-state index contributed by atoms with van der Waals surface area (Å²) in [6.07, 6.45) is 3.62. The summed E-state index contributed by atoms with van der Waals surface area (Å²) in [5, 5.41) is 1.66. The summed E-state index contributed by atoms with van der Waals surface area (Å²) >= 11 is 0. The summed E-state index contributed by atoms with van der Waals surface area (Å²) < 4.78 is 24.4. The van der Waals surface area contributed by atoms with Crippen LogP contribution < -0.4 is 0 Å². The minimum absolute atomic E-state index is 0.0733. The lowest BCUT2D eigenvalue weighted by molar-refractivity contribution is 0.466. The highest BCUT2D eigenvalue weighted by Crippen LogP contribution is 2.45. The maximum Gasteiger partial charge on any atom is 0.118 e. The predicted molar refractivity (Wildman–Crippen MR) is 87.2 cm³/mol. The minimum Gasteiger partial charge on any atom is -0.257 e. The van der Waals surface area contributed by atoms with Gasteiger partial charge in [0.2, 0.25) is 0 Å². The average Bonchev–Trinajstić information content (AvgIpc) is 2.53. The Bertz CT molecular complexity index is 367. The van der Waals surface area contributed by atoms with E-state index in [2.05, 4.69) is 20.4 Å². The molecule has 0 spiro atoms. The molecule has 1 fully saturated rings. The van der Waals surface area contributed by atoms with E-state index < -0.39 is 21.6 Å². The Kier molecular flexibility index (Phi) is 7.28. The van der Waals surface area contributed by atoms with Gasteiger partial charge >= 0.3 is 0 Å². The van der Waals surface area contributed by atoms with Crippen molar-refractivity contribution in [3.63, 3.8) is 0 Å². The van der Waals surface area contributed by atoms with Gasteiger partial charge in [-0.15, -0.1) is 6.58 Å². The quantitative estimate of drug-likeness (QED) is 0.425. The van der Waals surface area contributed by atoms with Gasteiger partial charge in [0.05, 0.1) is 26.2 Å². The molecule has 0 aromatic heterocycles. The Hall–Kier alpha value is 0.480. The first kappa shape index (κ1) is 16.5. The van der Waals surface area contributed by atoms with Crippen LogP contribution >= 0.6 is 21.6 Å². The highest BCUT2D eigenvalue weighted by Gasteiger charge is 2.47. The number of allylic oxidation sites excluding steroid dienone is 1. The van der Waals surface area contributed by atoms with Gasteiger partial charge in [-0.05, 0) is 24.2 Å². The molecular formula is C12H20O2S4. The molecule has 2 nitrogen and oxygen atoms in total. The van der Waals surface area contributed by atoms with Crippen LogP contribution in [0.25, 0.3) is 0 Å². The van der Waals surface area contributed by atoms with Crippen molar-refractivity contribution in [1.29, 1.82) is 0 Å². The molecule has 18 heavy (non-hydrogen) atoms. The van der Waals surface area contributed by atoms with Gasteiger partial charge < -0.3 is 0 Å². The molecular weight excluding hydrogens is 304 g/mol. The van der Waals surface area contributed by atoms with E-state index in [0.717, 1.165) is 5.75 Å². The maximum absolute atomic E-state index is 12.5. The Labute approximate surface area is 123 Å². The minimum atomic E-state index is -1.13. The number of hydrogen-bond donors (Lipinski definition) is 0. The molecule has 1 heterocycles. The van der Waals surface area contributed by atoms with Crippen molar-refractivity contribution in [2.45, 2.75) is 29.9 Å². The van der Waals surface area contributed by atoms with Gasteiger partial charge in [-0.25, -0.2) is 0 Å². The number of hydrogen-bond acceptors (Lipinski definition) is 4. The zero-order valence-corrected chi connectivity index (χ0v) is 14.2. The molecule has 1 rings (SSSR count). The fraction of sp³-hybridized carbons (Fsp3) is 0.667. The zero-order valence-electron chi connectivity index (χ0n) is 10.9. The van der Waals surface area contributed by atoms with Crippen molar-refractivity contribution < 1.29 is 8.42 Å². The van der Waals surface area contributed by atoms with E-state index in [1.807, 2.05) is 13.0 Å². The van der Waals surface area contributed by atoms with Crippen LogP contribution in [0.15, 0.2) is 24.1 Å². The fourth-order valence-corrected chi connectivity index (χ4v) is 10.1. The van der Waals surface area contributed by atoms with Gasteiger partial charge in [0.15, 0.2) is 0 Å². The summed E-state index contributed by atoms with van der Waals surface area (Å²) in [7, 11) is 1.17. The SMILES string of the molecule is C=CCSS[C@@H]1[C@@H](C)[C@H](C)[C@@H](S(=O)/C=C/C)S1=O. The van der Waals surface area contributed by atoms with Crippen LogP contribution in [-0.4, -0.2) is 23.3 Å². The lowest BCUT2D eigenvalue weighted by Crippen LogP contribution is -2.22. The fourth-order valence-electron chi connectivity index (χ4n) is 1.85. The first-order valence-corrected chi connectivity index (χ1v) is 10.8. The predicted octanol–water partition coefficient (Wildman–Crippen LogP) is 3.52. The van der Waals surface area contributed by atoms with Crippen LogP contribution in [0.5, 0.6) is 0 Å². The molecule has 1 aliphatic heterocycles. The molecule has 0 aliphatic carbocycles. The second kappa shape index (κ2) is 7.92. The Balaban J connectivity index is 2.76. The molecule has 0 aromatic rings. The van der Waals surface area contributed by atoms with Gasteiger partial charge in [0.25, 0.3) is 0 Å². The highest BCUT2D eigenvalue weighted by atomic mass is 33.1. The van der Waals surface area contributed by atoms with Crippen LogP contribution in [0.4, 0.5) is 0 Å². The summed E-state index contributed by atoms with van der Waals surface area (Å²) in [5.41, 5.74) is 0. The maximum atomic E-state index is 12.5. The molecule has 0 aromatic carbocycles. The Morgan fingerprint density at radius 1 is 1.39 bits per heavy atom. The molecule has 2 unspecified atom stereocenters. The van der Waals surface area contributed by atoms with Crippen LogP contribution in [0.3, 0.4) is 0 Å². The van der Waals surface area contributed by atoms with Gasteiger partial charge in [-0.2, -0.15) is 0 Å². The molecule has 1 aliphatic rings. The second-order valence-electron chi connectivity index (χ2n) is 4.25. The third-order valence-electron chi connectivity index (χ3n) is 2.99. The van der Waals surface area contributed by atoms with E-state index in [1.54, 1.807) is 33.1 Å². The van der Waals surface area contributed by atoms with Gasteiger partial charge in [0.1, 0.15) is 4.58 Å². The van der Waals surface area contributed by atoms with Crippen LogP contribution in [0.1, 0.15) is 20.8 Å². The highest BCUT2D eigenvalue weighted by molar-refractivity contribution is 8.78. The molecule has 6 atom stereocenters. The summed E-state index contributed by atoms with van der Waals surface area (Å²) in [5.74, 6) is 1.40. The van der Waals surface area contributed by atoms with Crippen LogP contribution in [-0.2, 0) is 21.6 Å². The second-order valence-corrected chi connectivity index (χ2v) is 10.5. The van der Waals surface area contributed by atoms with Crippen LogP contribution in [0.2, 0.25) is 0 Å². The van der Waals surface area contributed by atoms with Crippen molar-refractivity contribution in [2.75, 3.05) is 5.75 Å². The third-order valence-corrected chi connectivity index (χ3v) is 11.1. The summed E-state index contributed by atoms with van der Waals surface area (Å²) in [6, 6.07) is 0. The van der Waals surface area contributed by atoms with Gasteiger partial charge in [-0.3, -0.25) is 8.42 Å². The van der Waals surface area contributed by atoms with E-state index in [9.17, 15) is 8.42 Å². The first-order valence-electron chi connectivity index (χ1n) is 5.85. The van der Waals surface area contributed by atoms with Crippen molar-refractivity contribution in [3.05, 3.63) is 24.1 Å². The van der Waals surface area contributed by atoms with E-state index in [-0.39, 0.29) is 15.1 Å². The Morgan fingerprint density at radius 2 is 2.06 bits per heavy atom. The summed E-state index contributed by atoms with van der Waals surface area (Å²) in [4.78, 5) is 0. The van der Waals surface area contributed by atoms with Gasteiger partial charge in [-0.1, -0.05) is 47.6 Å². The third kappa shape index (κ3) is 3.74. The smallest absolute Gasteiger partial charge is 0.118 e. The monoisotopic (exact) mass is 324 g/mol. The van der Waals surface area contributed by atoms with Crippen molar-refractivity contribution in [1.82, 2.24) is 0 Å². The van der Waals surface area contributed by atoms with E-state index in [0.29, 0.717) is 5.92 Å². The number of rotatable bonds is 6. The van der Waals surface area contributed by atoms with E-state index in [1.165, 1.54) is 0 Å². The summed E-state index contributed by atoms with van der Waals surface area (Å²) in [6.45, 7) is 9.70.